The SMILES string of the molecule is CCOc1cc(/C=N/NC(=O)c2cccnc2)ccc1OCC(=O)Nc1ccccc1C(C)C. The van der Waals surface area contributed by atoms with Crippen molar-refractivity contribution in [1.82, 2.24) is 10.4 Å². The van der Waals surface area contributed by atoms with Gasteiger partial charge in [0.05, 0.1) is 18.4 Å². The molecule has 0 aliphatic rings. The third-order valence-electron chi connectivity index (χ3n) is 4.79. The van der Waals surface area contributed by atoms with Crippen LogP contribution in [0.25, 0.3) is 0 Å². The van der Waals surface area contributed by atoms with Crippen LogP contribution >= 0.6 is 0 Å². The van der Waals surface area contributed by atoms with Crippen molar-refractivity contribution in [3.05, 3.63) is 83.7 Å². The molecule has 0 saturated heterocycles. The highest BCUT2D eigenvalue weighted by Crippen LogP contribution is 2.28. The number of benzene rings is 2. The second-order valence-corrected chi connectivity index (χ2v) is 7.66. The zero-order valence-corrected chi connectivity index (χ0v) is 19.4. The molecule has 8 nitrogen and oxygen atoms in total. The number of aromatic nitrogens is 1. The van der Waals surface area contributed by atoms with Crippen molar-refractivity contribution in [2.45, 2.75) is 26.7 Å². The molecule has 2 aromatic carbocycles. The lowest BCUT2D eigenvalue weighted by molar-refractivity contribution is -0.118. The van der Waals surface area contributed by atoms with Crippen LogP contribution < -0.4 is 20.2 Å². The average molecular weight is 461 g/mol. The first-order valence-electron chi connectivity index (χ1n) is 11.0. The molecule has 3 rings (SSSR count). The topological polar surface area (TPSA) is 102 Å². The third kappa shape index (κ3) is 6.90. The van der Waals surface area contributed by atoms with Gasteiger partial charge in [-0.2, -0.15) is 5.10 Å². The van der Waals surface area contributed by atoms with Gasteiger partial charge in [0.2, 0.25) is 0 Å². The Balaban J connectivity index is 1.61. The standard InChI is InChI=1S/C26H28N4O4/c1-4-33-24-14-19(15-28-30-26(32)20-8-7-13-27-16-20)11-12-23(24)34-17-25(31)29-22-10-6-5-9-21(22)18(2)3/h5-16,18H,4,17H2,1-3H3,(H,29,31)(H,30,32)/b28-15+. The number of nitrogens with zero attached hydrogens (tertiary/aromatic N) is 2. The number of nitrogens with one attached hydrogen (secondary N) is 2. The highest BCUT2D eigenvalue weighted by atomic mass is 16.5. The van der Waals surface area contributed by atoms with Crippen molar-refractivity contribution in [1.29, 1.82) is 0 Å². The lowest BCUT2D eigenvalue weighted by Crippen LogP contribution is -2.21. The van der Waals surface area contributed by atoms with Crippen LogP contribution in [0.15, 0.2) is 72.1 Å². The maximum absolute atomic E-state index is 12.5. The summed E-state index contributed by atoms with van der Waals surface area (Å²) >= 11 is 0. The van der Waals surface area contributed by atoms with Crippen LogP contribution in [0.2, 0.25) is 0 Å². The summed E-state index contributed by atoms with van der Waals surface area (Å²) < 4.78 is 11.4. The number of carbonyl (C=O) groups is 2. The molecule has 1 aromatic heterocycles. The van der Waals surface area contributed by atoms with Gasteiger partial charge in [-0.3, -0.25) is 14.6 Å². The lowest BCUT2D eigenvalue weighted by Gasteiger charge is -2.15. The first-order valence-corrected chi connectivity index (χ1v) is 11.0. The number of ether oxygens (including phenoxy) is 2. The Hall–Kier alpha value is -4.20. The summed E-state index contributed by atoms with van der Waals surface area (Å²) in [6, 6.07) is 16.2. The zero-order valence-electron chi connectivity index (χ0n) is 19.4. The number of hydrogen-bond donors (Lipinski definition) is 2. The van der Waals surface area contributed by atoms with E-state index in [9.17, 15) is 9.59 Å². The fourth-order valence-corrected chi connectivity index (χ4v) is 3.16. The van der Waals surface area contributed by atoms with E-state index in [4.69, 9.17) is 9.47 Å². The molecule has 0 radical (unpaired) electrons. The van der Waals surface area contributed by atoms with E-state index in [1.165, 1.54) is 12.4 Å². The molecule has 0 bridgehead atoms. The highest BCUT2D eigenvalue weighted by Gasteiger charge is 2.12. The van der Waals surface area contributed by atoms with Crippen LogP contribution in [-0.4, -0.2) is 36.2 Å². The minimum atomic E-state index is -0.362. The van der Waals surface area contributed by atoms with E-state index in [0.29, 0.717) is 29.2 Å². The second-order valence-electron chi connectivity index (χ2n) is 7.66. The Kier molecular flexibility index (Phi) is 8.73. The van der Waals surface area contributed by atoms with E-state index >= 15 is 0 Å². The molecule has 176 valence electrons. The Bertz CT molecular complexity index is 1150. The molecular formula is C26H28N4O4. The first kappa shape index (κ1) is 24.4. The number of rotatable bonds is 10. The molecule has 0 unspecified atom stereocenters. The third-order valence-corrected chi connectivity index (χ3v) is 4.79. The zero-order chi connectivity index (χ0) is 24.3. The van der Waals surface area contributed by atoms with Crippen LogP contribution in [-0.2, 0) is 4.79 Å². The van der Waals surface area contributed by atoms with E-state index < -0.39 is 0 Å². The molecule has 0 saturated carbocycles. The van der Waals surface area contributed by atoms with Crippen LogP contribution in [0.3, 0.4) is 0 Å². The largest absolute Gasteiger partial charge is 0.490 e. The summed E-state index contributed by atoms with van der Waals surface area (Å²) in [6.45, 7) is 6.26. The van der Waals surface area contributed by atoms with E-state index in [1.54, 1.807) is 36.5 Å². The smallest absolute Gasteiger partial charge is 0.272 e. The monoisotopic (exact) mass is 460 g/mol. The molecular weight excluding hydrogens is 432 g/mol. The van der Waals surface area contributed by atoms with E-state index in [1.807, 2.05) is 31.2 Å². The summed E-state index contributed by atoms with van der Waals surface area (Å²) in [5, 5.41) is 6.89. The van der Waals surface area contributed by atoms with Gasteiger partial charge in [0.15, 0.2) is 18.1 Å². The normalized spacial score (nSPS) is 10.8. The maximum atomic E-state index is 12.5. The fraction of sp³-hybridized carbons (Fsp3) is 0.231. The van der Waals surface area contributed by atoms with E-state index in [2.05, 4.69) is 34.7 Å². The average Bonchev–Trinajstić information content (AvgIpc) is 2.84. The van der Waals surface area contributed by atoms with Gasteiger partial charge in [0.25, 0.3) is 11.8 Å². The predicted molar refractivity (Wildman–Crippen MR) is 132 cm³/mol. The van der Waals surface area contributed by atoms with Crippen molar-refractivity contribution < 1.29 is 19.1 Å². The molecule has 0 aliphatic carbocycles. The maximum Gasteiger partial charge on any atom is 0.272 e. The second kappa shape index (κ2) is 12.2. The number of carbonyl (C=O) groups excluding carboxylic acids is 2. The first-order chi connectivity index (χ1) is 16.5. The number of hydrogen-bond acceptors (Lipinski definition) is 6. The molecule has 2 amide bonds. The van der Waals surface area contributed by atoms with Gasteiger partial charge < -0.3 is 14.8 Å². The van der Waals surface area contributed by atoms with Gasteiger partial charge >= 0.3 is 0 Å². The molecule has 1 heterocycles. The Labute approximate surface area is 199 Å². The van der Waals surface area contributed by atoms with Crippen molar-refractivity contribution >= 4 is 23.7 Å². The van der Waals surface area contributed by atoms with Crippen molar-refractivity contribution in [3.8, 4) is 11.5 Å². The number of para-hydroxylation sites is 1. The highest BCUT2D eigenvalue weighted by molar-refractivity contribution is 5.94. The van der Waals surface area contributed by atoms with E-state index in [-0.39, 0.29) is 24.3 Å². The van der Waals surface area contributed by atoms with E-state index in [0.717, 1.165) is 11.3 Å². The molecule has 34 heavy (non-hydrogen) atoms. The van der Waals surface area contributed by atoms with Crippen molar-refractivity contribution in [2.75, 3.05) is 18.5 Å². The summed E-state index contributed by atoms with van der Waals surface area (Å²) in [5.74, 6) is 0.565. The summed E-state index contributed by atoms with van der Waals surface area (Å²) in [5.41, 5.74) is 5.39. The Morgan fingerprint density at radius 2 is 1.88 bits per heavy atom. The van der Waals surface area contributed by atoms with Crippen LogP contribution in [0.5, 0.6) is 11.5 Å². The lowest BCUT2D eigenvalue weighted by atomic mass is 10.0. The molecule has 8 heteroatoms. The molecule has 0 aliphatic heterocycles. The number of hydrazone groups is 1. The number of anilines is 1. The van der Waals surface area contributed by atoms with Gasteiger partial charge in [-0.1, -0.05) is 32.0 Å². The minimum absolute atomic E-state index is 0.166. The summed E-state index contributed by atoms with van der Waals surface area (Å²) in [7, 11) is 0. The quantitative estimate of drug-likeness (QED) is 0.345. The van der Waals surface area contributed by atoms with Crippen LogP contribution in [0, 0.1) is 0 Å². The molecule has 0 atom stereocenters. The Morgan fingerprint density at radius 3 is 2.62 bits per heavy atom. The molecule has 0 spiro atoms. The predicted octanol–water partition coefficient (Wildman–Crippen LogP) is 4.39. The molecule has 2 N–H and O–H groups in total. The minimum Gasteiger partial charge on any atom is -0.490 e. The van der Waals surface area contributed by atoms with Gasteiger partial charge in [0, 0.05) is 18.1 Å². The van der Waals surface area contributed by atoms with Crippen LogP contribution in [0.1, 0.15) is 48.2 Å². The van der Waals surface area contributed by atoms with Crippen LogP contribution in [0.4, 0.5) is 5.69 Å². The van der Waals surface area contributed by atoms with Crippen molar-refractivity contribution in [3.63, 3.8) is 0 Å². The number of pyridine rings is 1. The Morgan fingerprint density at radius 1 is 1.06 bits per heavy atom. The van der Waals surface area contributed by atoms with Gasteiger partial charge in [-0.05, 0) is 60.4 Å². The van der Waals surface area contributed by atoms with Crippen molar-refractivity contribution in [2.24, 2.45) is 5.10 Å². The fourth-order valence-electron chi connectivity index (χ4n) is 3.16. The van der Waals surface area contributed by atoms with Gasteiger partial charge in [-0.15, -0.1) is 0 Å². The van der Waals surface area contributed by atoms with Gasteiger partial charge in [0.1, 0.15) is 0 Å². The molecule has 0 fully saturated rings. The summed E-state index contributed by atoms with van der Waals surface area (Å²) in [4.78, 5) is 28.4. The summed E-state index contributed by atoms with van der Waals surface area (Å²) in [6.07, 6.45) is 4.55. The molecule has 3 aromatic rings. The number of amides is 2. The van der Waals surface area contributed by atoms with Gasteiger partial charge in [-0.25, -0.2) is 5.43 Å².